The van der Waals surface area contributed by atoms with Crippen LogP contribution in [-0.4, -0.2) is 4.99 Å². The maximum atomic E-state index is 13.2. The zero-order valence-corrected chi connectivity index (χ0v) is 9.17. The Labute approximate surface area is 93.1 Å². The van der Waals surface area contributed by atoms with Crippen molar-refractivity contribution < 1.29 is 4.39 Å². The van der Waals surface area contributed by atoms with Crippen molar-refractivity contribution in [1.29, 1.82) is 0 Å². The van der Waals surface area contributed by atoms with E-state index in [0.29, 0.717) is 28.4 Å². The smallest absolute Gasteiger partial charge is 0.127 e. The molecule has 0 spiro atoms. The van der Waals surface area contributed by atoms with Gasteiger partial charge in [0.05, 0.1) is 4.99 Å². The molecule has 0 bridgehead atoms. The minimum atomic E-state index is -0.263. The molecule has 0 aliphatic rings. The molecule has 0 saturated heterocycles. The van der Waals surface area contributed by atoms with Crippen LogP contribution < -0.4 is 5.73 Å². The number of nitrogens with two attached hydrogens (primary N) is 1. The summed E-state index contributed by atoms with van der Waals surface area (Å²) in [7, 11) is 0. The lowest BCUT2D eigenvalue weighted by atomic mass is 10.1. The van der Waals surface area contributed by atoms with Gasteiger partial charge in [-0.2, -0.15) is 0 Å². The first-order valence-corrected chi connectivity index (χ1v) is 5.11. The van der Waals surface area contributed by atoms with Gasteiger partial charge in [-0.05, 0) is 31.4 Å². The molecule has 0 aliphatic carbocycles. The average molecular weight is 232 g/mol. The van der Waals surface area contributed by atoms with E-state index in [0.717, 1.165) is 6.42 Å². The maximum absolute atomic E-state index is 13.2. The van der Waals surface area contributed by atoms with Crippen molar-refractivity contribution in [1.82, 2.24) is 0 Å². The van der Waals surface area contributed by atoms with E-state index in [2.05, 4.69) is 0 Å². The van der Waals surface area contributed by atoms with E-state index < -0.39 is 0 Å². The van der Waals surface area contributed by atoms with Crippen LogP contribution in [0.25, 0.3) is 0 Å². The second-order valence-electron chi connectivity index (χ2n) is 3.02. The van der Waals surface area contributed by atoms with Gasteiger partial charge in [0.2, 0.25) is 0 Å². The summed E-state index contributed by atoms with van der Waals surface area (Å²) in [4.78, 5) is 0.456. The molecule has 1 aromatic rings. The number of rotatable bonds is 4. The molecule has 0 amide bonds. The lowest BCUT2D eigenvalue weighted by Crippen LogP contribution is -2.07. The Morgan fingerprint density at radius 3 is 2.79 bits per heavy atom. The van der Waals surface area contributed by atoms with E-state index >= 15 is 0 Å². The van der Waals surface area contributed by atoms with Crippen molar-refractivity contribution in [2.45, 2.75) is 19.3 Å². The predicted molar refractivity (Wildman–Crippen MR) is 61.1 cm³/mol. The van der Waals surface area contributed by atoms with Gasteiger partial charge in [-0.3, -0.25) is 0 Å². The van der Waals surface area contributed by atoms with E-state index in [1.807, 2.05) is 0 Å². The fourth-order valence-corrected chi connectivity index (χ4v) is 1.61. The number of hydrogen-bond donors (Lipinski definition) is 1. The summed E-state index contributed by atoms with van der Waals surface area (Å²) >= 11 is 10.6. The van der Waals surface area contributed by atoms with Crippen molar-refractivity contribution in [3.63, 3.8) is 0 Å². The Bertz CT molecular complexity index is 321. The summed E-state index contributed by atoms with van der Waals surface area (Å²) in [5, 5.41) is 0.466. The first-order valence-electron chi connectivity index (χ1n) is 4.32. The summed E-state index contributed by atoms with van der Waals surface area (Å²) in [5.74, 6) is -0.263. The Balaban J connectivity index is 2.62. The van der Waals surface area contributed by atoms with Gasteiger partial charge in [0.1, 0.15) is 5.82 Å². The van der Waals surface area contributed by atoms with Gasteiger partial charge in [0.15, 0.2) is 0 Å². The molecular formula is C10H11ClFNS. The van der Waals surface area contributed by atoms with E-state index in [4.69, 9.17) is 29.6 Å². The minimum Gasteiger partial charge on any atom is -0.393 e. The molecular weight excluding hydrogens is 221 g/mol. The number of thiocarbonyl (C=S) groups is 1. The molecule has 2 N–H and O–H groups in total. The van der Waals surface area contributed by atoms with Gasteiger partial charge in [0.25, 0.3) is 0 Å². The fraction of sp³-hybridized carbons (Fsp3) is 0.300. The van der Waals surface area contributed by atoms with E-state index in [-0.39, 0.29) is 5.82 Å². The molecule has 0 aromatic heterocycles. The lowest BCUT2D eigenvalue weighted by Gasteiger charge is -2.04. The average Bonchev–Trinajstić information content (AvgIpc) is 2.09. The van der Waals surface area contributed by atoms with Crippen LogP contribution in [0.1, 0.15) is 18.4 Å². The SMILES string of the molecule is NC(=S)CCCc1c(F)cccc1Cl. The first-order chi connectivity index (χ1) is 6.61. The zero-order chi connectivity index (χ0) is 10.6. The van der Waals surface area contributed by atoms with Crippen LogP contribution in [0.2, 0.25) is 5.02 Å². The normalized spacial score (nSPS) is 10.1. The maximum Gasteiger partial charge on any atom is 0.127 e. The fourth-order valence-electron chi connectivity index (χ4n) is 1.21. The van der Waals surface area contributed by atoms with E-state index in [1.54, 1.807) is 12.1 Å². The molecule has 1 aromatic carbocycles. The molecule has 0 radical (unpaired) electrons. The monoisotopic (exact) mass is 231 g/mol. The van der Waals surface area contributed by atoms with Crippen molar-refractivity contribution in [2.24, 2.45) is 5.73 Å². The molecule has 0 saturated carbocycles. The molecule has 0 heterocycles. The van der Waals surface area contributed by atoms with Gasteiger partial charge >= 0.3 is 0 Å². The highest BCUT2D eigenvalue weighted by molar-refractivity contribution is 7.80. The minimum absolute atomic E-state index is 0.263. The van der Waals surface area contributed by atoms with Crippen molar-refractivity contribution >= 4 is 28.8 Å². The Hall–Kier alpha value is -0.670. The topological polar surface area (TPSA) is 26.0 Å². The third-order valence-corrected chi connectivity index (χ3v) is 2.47. The van der Waals surface area contributed by atoms with Crippen molar-refractivity contribution in [2.75, 3.05) is 0 Å². The Kier molecular flexibility index (Phi) is 4.29. The molecule has 0 atom stereocenters. The van der Waals surface area contributed by atoms with Crippen LogP contribution >= 0.6 is 23.8 Å². The number of halogens is 2. The van der Waals surface area contributed by atoms with Crippen LogP contribution in [0.15, 0.2) is 18.2 Å². The predicted octanol–water partition coefficient (Wildman–Crippen LogP) is 3.09. The van der Waals surface area contributed by atoms with Gasteiger partial charge in [-0.1, -0.05) is 29.9 Å². The highest BCUT2D eigenvalue weighted by Crippen LogP contribution is 2.20. The highest BCUT2D eigenvalue weighted by Gasteiger charge is 2.06. The van der Waals surface area contributed by atoms with Gasteiger partial charge in [-0.15, -0.1) is 0 Å². The number of benzene rings is 1. The summed E-state index contributed by atoms with van der Waals surface area (Å²) < 4.78 is 13.2. The Morgan fingerprint density at radius 1 is 1.50 bits per heavy atom. The quantitative estimate of drug-likeness (QED) is 0.806. The van der Waals surface area contributed by atoms with Crippen molar-refractivity contribution in [3.05, 3.63) is 34.6 Å². The van der Waals surface area contributed by atoms with Gasteiger partial charge in [0, 0.05) is 10.6 Å². The molecule has 1 nitrogen and oxygen atoms in total. The standard InChI is InChI=1S/C10H11ClFNS/c11-8-4-2-5-9(12)7(8)3-1-6-10(13)14/h2,4-5H,1,3,6H2,(H2,13,14). The second kappa shape index (κ2) is 5.27. The second-order valence-corrected chi connectivity index (χ2v) is 3.95. The molecule has 0 aliphatic heterocycles. The molecule has 76 valence electrons. The lowest BCUT2D eigenvalue weighted by molar-refractivity contribution is 0.606. The van der Waals surface area contributed by atoms with Crippen LogP contribution in [0, 0.1) is 5.82 Å². The summed E-state index contributed by atoms with van der Waals surface area (Å²) in [6, 6.07) is 4.68. The van der Waals surface area contributed by atoms with Crippen LogP contribution in [-0.2, 0) is 6.42 Å². The molecule has 4 heteroatoms. The highest BCUT2D eigenvalue weighted by atomic mass is 35.5. The van der Waals surface area contributed by atoms with E-state index in [9.17, 15) is 4.39 Å². The third-order valence-electron chi connectivity index (χ3n) is 1.91. The molecule has 0 fully saturated rings. The first kappa shape index (κ1) is 11.4. The van der Waals surface area contributed by atoms with Gasteiger partial charge in [-0.25, -0.2) is 4.39 Å². The van der Waals surface area contributed by atoms with Crippen LogP contribution in [0.4, 0.5) is 4.39 Å². The summed E-state index contributed by atoms with van der Waals surface area (Å²) in [5.41, 5.74) is 5.88. The van der Waals surface area contributed by atoms with E-state index in [1.165, 1.54) is 6.07 Å². The largest absolute Gasteiger partial charge is 0.393 e. The number of hydrogen-bond acceptors (Lipinski definition) is 1. The Morgan fingerprint density at radius 2 is 2.21 bits per heavy atom. The molecule has 0 unspecified atom stereocenters. The van der Waals surface area contributed by atoms with Crippen molar-refractivity contribution in [3.8, 4) is 0 Å². The van der Waals surface area contributed by atoms with Crippen LogP contribution in [0.3, 0.4) is 0 Å². The third kappa shape index (κ3) is 3.24. The summed E-state index contributed by atoms with van der Waals surface area (Å²) in [6.07, 6.45) is 1.93. The molecule has 14 heavy (non-hydrogen) atoms. The zero-order valence-electron chi connectivity index (χ0n) is 7.59. The summed E-state index contributed by atoms with van der Waals surface area (Å²) in [6.45, 7) is 0. The molecule has 1 rings (SSSR count). The van der Waals surface area contributed by atoms with Crippen LogP contribution in [0.5, 0.6) is 0 Å². The van der Waals surface area contributed by atoms with Gasteiger partial charge < -0.3 is 5.73 Å².